The van der Waals surface area contributed by atoms with Gasteiger partial charge in [0.2, 0.25) is 5.91 Å². The molecule has 0 aliphatic carbocycles. The van der Waals surface area contributed by atoms with Gasteiger partial charge in [-0.15, -0.1) is 0 Å². The number of carbonyl (C=O) groups excluding carboxylic acids is 1. The number of nitrogens with zero attached hydrogens (tertiary/aromatic N) is 5. The van der Waals surface area contributed by atoms with E-state index in [2.05, 4.69) is 59.9 Å². The number of benzene rings is 2. The number of nitrogens with one attached hydrogen (secondary N) is 2. The molecule has 0 atom stereocenters. The molecular formula is C32H37N7O3. The van der Waals surface area contributed by atoms with E-state index in [1.165, 1.54) is 6.08 Å². The zero-order valence-electron chi connectivity index (χ0n) is 24.2. The molecule has 0 radical (unpaired) electrons. The van der Waals surface area contributed by atoms with Crippen LogP contribution < -0.4 is 20.3 Å². The molecule has 218 valence electrons. The summed E-state index contributed by atoms with van der Waals surface area (Å²) >= 11 is 0. The highest BCUT2D eigenvalue weighted by atomic mass is 16.5. The standard InChI is InChI=1S/C32H37N7O3/c1-4-32(40)36-26-17-27(30(41-3)19-29(26)39-11-9-22(10-12-39)38-13-15-42-16-14-38)35-31-18-25(33-21-34-31)24-20-37(2)28-8-6-5-7-23(24)28/h4-8,17-22H,1,9-16H2,2-3H3,(H,36,40)(H,33,34,35). The van der Waals surface area contributed by atoms with Gasteiger partial charge in [-0.25, -0.2) is 9.97 Å². The lowest BCUT2D eigenvalue weighted by Crippen LogP contribution is -2.49. The maximum Gasteiger partial charge on any atom is 0.247 e. The van der Waals surface area contributed by atoms with E-state index < -0.39 is 0 Å². The van der Waals surface area contributed by atoms with Crippen LogP contribution in [0.25, 0.3) is 22.2 Å². The lowest BCUT2D eigenvalue weighted by molar-refractivity contribution is -0.111. The summed E-state index contributed by atoms with van der Waals surface area (Å²) in [5, 5.41) is 7.54. The van der Waals surface area contributed by atoms with Crippen molar-refractivity contribution in [3.05, 3.63) is 67.6 Å². The van der Waals surface area contributed by atoms with Crippen molar-refractivity contribution < 1.29 is 14.3 Å². The van der Waals surface area contributed by atoms with Crippen LogP contribution in [0.5, 0.6) is 5.75 Å². The molecule has 1 amide bonds. The Kier molecular flexibility index (Phi) is 8.07. The first kappa shape index (κ1) is 27.7. The van der Waals surface area contributed by atoms with E-state index in [0.29, 0.717) is 29.0 Å². The summed E-state index contributed by atoms with van der Waals surface area (Å²) in [4.78, 5) is 26.4. The Hall–Kier alpha value is -4.41. The van der Waals surface area contributed by atoms with Crippen LogP contribution in [0.15, 0.2) is 67.6 Å². The fourth-order valence-corrected chi connectivity index (χ4v) is 6.05. The summed E-state index contributed by atoms with van der Waals surface area (Å²) in [5.41, 5.74) is 5.27. The Balaban J connectivity index is 1.28. The van der Waals surface area contributed by atoms with Crippen molar-refractivity contribution in [1.29, 1.82) is 0 Å². The van der Waals surface area contributed by atoms with Gasteiger partial charge in [0, 0.05) is 74.1 Å². The number of carbonyl (C=O) groups is 1. The second kappa shape index (κ2) is 12.2. The number of amides is 1. The molecule has 2 fully saturated rings. The quantitative estimate of drug-likeness (QED) is 0.293. The second-order valence-electron chi connectivity index (χ2n) is 10.7. The van der Waals surface area contributed by atoms with E-state index >= 15 is 0 Å². The molecule has 0 saturated carbocycles. The first-order valence-electron chi connectivity index (χ1n) is 14.4. The highest BCUT2D eigenvalue weighted by molar-refractivity contribution is 6.02. The second-order valence-corrected chi connectivity index (χ2v) is 10.7. The average molecular weight is 568 g/mol. The molecule has 2 aromatic heterocycles. The van der Waals surface area contributed by atoms with E-state index in [1.807, 2.05) is 37.4 Å². The number of morpholine rings is 1. The molecule has 0 spiro atoms. The summed E-state index contributed by atoms with van der Waals surface area (Å²) in [5.74, 6) is 1.00. The summed E-state index contributed by atoms with van der Waals surface area (Å²) in [6, 6.07) is 14.6. The number of rotatable bonds is 8. The number of hydrogen-bond donors (Lipinski definition) is 2. The van der Waals surface area contributed by atoms with Crippen molar-refractivity contribution in [1.82, 2.24) is 19.4 Å². The fourth-order valence-electron chi connectivity index (χ4n) is 6.05. The van der Waals surface area contributed by atoms with Crippen LogP contribution in [0.4, 0.5) is 22.9 Å². The van der Waals surface area contributed by atoms with Gasteiger partial charge < -0.3 is 29.6 Å². The van der Waals surface area contributed by atoms with Gasteiger partial charge >= 0.3 is 0 Å². The van der Waals surface area contributed by atoms with Crippen LogP contribution in [-0.4, -0.2) is 77.9 Å². The maximum atomic E-state index is 12.5. The third kappa shape index (κ3) is 5.68. The highest BCUT2D eigenvalue weighted by Crippen LogP contribution is 2.40. The zero-order chi connectivity index (χ0) is 29.1. The van der Waals surface area contributed by atoms with Crippen LogP contribution in [0, 0.1) is 0 Å². The Morgan fingerprint density at radius 1 is 1.07 bits per heavy atom. The molecule has 0 bridgehead atoms. The van der Waals surface area contributed by atoms with Crippen LogP contribution in [-0.2, 0) is 16.6 Å². The molecule has 2 aromatic carbocycles. The van der Waals surface area contributed by atoms with Crippen LogP contribution in [0.1, 0.15) is 12.8 Å². The van der Waals surface area contributed by atoms with Crippen molar-refractivity contribution in [3.63, 3.8) is 0 Å². The number of piperidine rings is 1. The number of hydrogen-bond acceptors (Lipinski definition) is 8. The Bertz CT molecular complexity index is 1590. The van der Waals surface area contributed by atoms with Gasteiger partial charge in [0.1, 0.15) is 17.9 Å². The Morgan fingerprint density at radius 2 is 1.86 bits per heavy atom. The lowest BCUT2D eigenvalue weighted by Gasteiger charge is -2.41. The number of methoxy groups -OCH3 is 1. The monoisotopic (exact) mass is 567 g/mol. The number of para-hydroxylation sites is 1. The topological polar surface area (TPSA) is 96.8 Å². The van der Waals surface area contributed by atoms with Crippen molar-refractivity contribution >= 4 is 39.7 Å². The Labute approximate surface area is 246 Å². The largest absolute Gasteiger partial charge is 0.494 e. The summed E-state index contributed by atoms with van der Waals surface area (Å²) in [6.07, 6.45) is 7.02. The van der Waals surface area contributed by atoms with E-state index in [4.69, 9.17) is 9.47 Å². The van der Waals surface area contributed by atoms with Crippen molar-refractivity contribution in [2.24, 2.45) is 7.05 Å². The van der Waals surface area contributed by atoms with Crippen LogP contribution in [0.2, 0.25) is 0 Å². The molecule has 10 heteroatoms. The third-order valence-electron chi connectivity index (χ3n) is 8.23. The zero-order valence-corrected chi connectivity index (χ0v) is 24.2. The summed E-state index contributed by atoms with van der Waals surface area (Å²) < 4.78 is 13.5. The first-order valence-corrected chi connectivity index (χ1v) is 14.4. The van der Waals surface area contributed by atoms with Gasteiger partial charge in [-0.05, 0) is 31.1 Å². The minimum Gasteiger partial charge on any atom is -0.494 e. The summed E-state index contributed by atoms with van der Waals surface area (Å²) in [6.45, 7) is 9.01. The van der Waals surface area contributed by atoms with Crippen molar-refractivity contribution in [3.8, 4) is 17.0 Å². The van der Waals surface area contributed by atoms with Crippen LogP contribution >= 0.6 is 0 Å². The van der Waals surface area contributed by atoms with Gasteiger partial charge in [-0.3, -0.25) is 9.69 Å². The van der Waals surface area contributed by atoms with E-state index in [-0.39, 0.29) is 5.91 Å². The smallest absolute Gasteiger partial charge is 0.247 e. The van der Waals surface area contributed by atoms with E-state index in [1.54, 1.807) is 13.4 Å². The number of fused-ring (bicyclic) bond motifs is 1. The van der Waals surface area contributed by atoms with E-state index in [0.717, 1.165) is 80.1 Å². The maximum absolute atomic E-state index is 12.5. The predicted octanol–water partition coefficient (Wildman–Crippen LogP) is 4.81. The molecule has 4 heterocycles. The lowest BCUT2D eigenvalue weighted by atomic mass is 10.0. The molecule has 0 unspecified atom stereocenters. The normalized spacial score (nSPS) is 16.4. The number of aromatic nitrogens is 3. The first-order chi connectivity index (χ1) is 20.5. The minimum absolute atomic E-state index is 0.268. The van der Waals surface area contributed by atoms with E-state index in [9.17, 15) is 4.79 Å². The summed E-state index contributed by atoms with van der Waals surface area (Å²) in [7, 11) is 3.68. The molecule has 2 N–H and O–H groups in total. The molecule has 2 aliphatic rings. The van der Waals surface area contributed by atoms with Gasteiger partial charge in [0.25, 0.3) is 0 Å². The number of ether oxygens (including phenoxy) is 2. The third-order valence-corrected chi connectivity index (χ3v) is 8.23. The molecular weight excluding hydrogens is 530 g/mol. The Morgan fingerprint density at radius 3 is 2.62 bits per heavy atom. The number of aryl methyl sites for hydroxylation is 1. The molecule has 6 rings (SSSR count). The fraction of sp³-hybridized carbons (Fsp3) is 0.344. The average Bonchev–Trinajstić information content (AvgIpc) is 3.38. The van der Waals surface area contributed by atoms with Gasteiger partial charge in [-0.1, -0.05) is 24.8 Å². The molecule has 4 aromatic rings. The van der Waals surface area contributed by atoms with Gasteiger partial charge in [0.15, 0.2) is 0 Å². The highest BCUT2D eigenvalue weighted by Gasteiger charge is 2.28. The molecule has 42 heavy (non-hydrogen) atoms. The van der Waals surface area contributed by atoms with Gasteiger partial charge in [-0.2, -0.15) is 0 Å². The minimum atomic E-state index is -0.268. The molecule has 2 aliphatic heterocycles. The van der Waals surface area contributed by atoms with Crippen LogP contribution in [0.3, 0.4) is 0 Å². The van der Waals surface area contributed by atoms with Crippen molar-refractivity contribution in [2.45, 2.75) is 18.9 Å². The SMILES string of the molecule is C=CC(=O)Nc1cc(Nc2cc(-c3cn(C)c4ccccc34)ncn2)c(OC)cc1N1CCC(N2CCOCC2)CC1. The molecule has 2 saturated heterocycles. The predicted molar refractivity (Wildman–Crippen MR) is 167 cm³/mol. The molecule has 10 nitrogen and oxygen atoms in total. The van der Waals surface area contributed by atoms with Crippen molar-refractivity contribution in [2.75, 3.05) is 62.0 Å². The number of anilines is 4. The van der Waals surface area contributed by atoms with Gasteiger partial charge in [0.05, 0.1) is 43.1 Å².